The molecule has 0 spiro atoms. The fourth-order valence-electron chi connectivity index (χ4n) is 1.35. The van der Waals surface area contributed by atoms with E-state index in [0.29, 0.717) is 0 Å². The van der Waals surface area contributed by atoms with Crippen LogP contribution in [0.2, 0.25) is 0 Å². The average molecular weight is 424 g/mol. The van der Waals surface area contributed by atoms with E-state index in [2.05, 4.69) is 9.72 Å². The second-order valence-corrected chi connectivity index (χ2v) is 4.88. The minimum Gasteiger partial charge on any atom is -0.466 e. The molecule has 0 saturated carbocycles. The number of hydrogen-bond acceptors (Lipinski definition) is 4. The van der Waals surface area contributed by atoms with E-state index in [1.54, 1.807) is 29.5 Å². The van der Waals surface area contributed by atoms with Crippen LogP contribution in [-0.2, 0) is 21.8 Å². The molecule has 4 nitrogen and oxygen atoms in total. The van der Waals surface area contributed by atoms with Crippen LogP contribution >= 0.6 is 34.2 Å². The highest BCUT2D eigenvalue weighted by Gasteiger charge is 2.32. The Balaban J connectivity index is 3.08. The van der Waals surface area contributed by atoms with Crippen molar-refractivity contribution >= 4 is 40.2 Å². The molecule has 112 valence electrons. The predicted molar refractivity (Wildman–Crippen MR) is 73.5 cm³/mol. The summed E-state index contributed by atoms with van der Waals surface area (Å²) in [5.41, 5.74) is 0.326. The number of ether oxygens (including phenoxy) is 2. The van der Waals surface area contributed by atoms with E-state index in [1.165, 1.54) is 0 Å². The second-order valence-electron chi connectivity index (χ2n) is 3.54. The highest BCUT2D eigenvalue weighted by Crippen LogP contribution is 2.30. The fourth-order valence-corrected chi connectivity index (χ4v) is 2.35. The SMILES string of the molecule is CCOC(=O)Cc1cc(OC(F)(F)F)c(I)c(CCl)n1. The lowest BCUT2D eigenvalue weighted by Crippen LogP contribution is -2.19. The summed E-state index contributed by atoms with van der Waals surface area (Å²) in [5, 5.41) is 0. The van der Waals surface area contributed by atoms with Gasteiger partial charge in [-0.15, -0.1) is 24.8 Å². The summed E-state index contributed by atoms with van der Waals surface area (Å²) in [6.45, 7) is 1.80. The number of alkyl halides is 4. The molecule has 0 atom stereocenters. The van der Waals surface area contributed by atoms with Gasteiger partial charge in [-0.1, -0.05) is 0 Å². The van der Waals surface area contributed by atoms with Gasteiger partial charge in [-0.2, -0.15) is 0 Å². The Labute approximate surface area is 131 Å². The second kappa shape index (κ2) is 7.30. The maximum atomic E-state index is 12.3. The van der Waals surface area contributed by atoms with Gasteiger partial charge in [0.05, 0.1) is 33.9 Å². The van der Waals surface area contributed by atoms with Crippen molar-refractivity contribution in [1.29, 1.82) is 0 Å². The zero-order chi connectivity index (χ0) is 15.3. The summed E-state index contributed by atoms with van der Waals surface area (Å²) in [6.07, 6.45) is -5.07. The first-order chi connectivity index (χ1) is 9.26. The molecule has 0 unspecified atom stereocenters. The Hall–Kier alpha value is -0.770. The van der Waals surface area contributed by atoms with E-state index in [-0.39, 0.29) is 33.9 Å². The van der Waals surface area contributed by atoms with Crippen LogP contribution in [0.1, 0.15) is 18.3 Å². The Morgan fingerprint density at radius 2 is 2.15 bits per heavy atom. The lowest BCUT2D eigenvalue weighted by atomic mass is 10.2. The monoisotopic (exact) mass is 423 g/mol. The van der Waals surface area contributed by atoms with Crippen LogP contribution in [0, 0.1) is 3.57 Å². The van der Waals surface area contributed by atoms with Crippen LogP contribution in [0.4, 0.5) is 13.2 Å². The van der Waals surface area contributed by atoms with E-state index in [9.17, 15) is 18.0 Å². The zero-order valence-electron chi connectivity index (χ0n) is 10.3. The third kappa shape index (κ3) is 5.31. The molecule has 0 aliphatic carbocycles. The molecule has 20 heavy (non-hydrogen) atoms. The van der Waals surface area contributed by atoms with Crippen LogP contribution in [0.3, 0.4) is 0 Å². The normalized spacial score (nSPS) is 11.3. The summed E-state index contributed by atoms with van der Waals surface area (Å²) in [7, 11) is 0. The highest BCUT2D eigenvalue weighted by molar-refractivity contribution is 14.1. The number of aromatic nitrogens is 1. The first kappa shape index (κ1) is 17.3. The summed E-state index contributed by atoms with van der Waals surface area (Å²) in [4.78, 5) is 15.3. The van der Waals surface area contributed by atoms with Gasteiger partial charge in [-0.25, -0.2) is 0 Å². The molecule has 1 rings (SSSR count). The van der Waals surface area contributed by atoms with Crippen molar-refractivity contribution in [3.05, 3.63) is 21.0 Å². The summed E-state index contributed by atoms with van der Waals surface area (Å²) >= 11 is 7.28. The molecule has 0 aromatic carbocycles. The third-order valence-electron chi connectivity index (χ3n) is 2.03. The van der Waals surface area contributed by atoms with Gasteiger partial charge < -0.3 is 9.47 Å². The van der Waals surface area contributed by atoms with Gasteiger partial charge in [0, 0.05) is 6.07 Å². The van der Waals surface area contributed by atoms with Crippen LogP contribution in [0.25, 0.3) is 0 Å². The molecule has 0 bridgehead atoms. The zero-order valence-corrected chi connectivity index (χ0v) is 13.2. The highest BCUT2D eigenvalue weighted by atomic mass is 127. The Morgan fingerprint density at radius 3 is 2.65 bits per heavy atom. The summed E-state index contributed by atoms with van der Waals surface area (Å²) in [6, 6.07) is 1.06. The van der Waals surface area contributed by atoms with Crippen LogP contribution in [0.15, 0.2) is 6.07 Å². The molecule has 0 amide bonds. The molecule has 0 radical (unpaired) electrons. The third-order valence-corrected chi connectivity index (χ3v) is 3.44. The smallest absolute Gasteiger partial charge is 0.466 e. The van der Waals surface area contributed by atoms with Gasteiger partial charge in [0.2, 0.25) is 0 Å². The summed E-state index contributed by atoms with van der Waals surface area (Å²) < 4.78 is 45.7. The Bertz CT molecular complexity index is 497. The Morgan fingerprint density at radius 1 is 1.50 bits per heavy atom. The molecule has 1 aromatic heterocycles. The molecule has 1 heterocycles. The van der Waals surface area contributed by atoms with E-state index >= 15 is 0 Å². The number of carbonyl (C=O) groups is 1. The first-order valence-corrected chi connectivity index (χ1v) is 7.03. The van der Waals surface area contributed by atoms with Crippen molar-refractivity contribution in [1.82, 2.24) is 4.98 Å². The fraction of sp³-hybridized carbons (Fsp3) is 0.455. The number of hydrogen-bond donors (Lipinski definition) is 0. The number of halogens is 5. The van der Waals surface area contributed by atoms with Crippen LogP contribution in [0.5, 0.6) is 5.75 Å². The largest absolute Gasteiger partial charge is 0.573 e. The topological polar surface area (TPSA) is 48.4 Å². The number of pyridine rings is 1. The van der Waals surface area contributed by atoms with Gasteiger partial charge in [-0.3, -0.25) is 9.78 Å². The van der Waals surface area contributed by atoms with Crippen molar-refractivity contribution in [3.63, 3.8) is 0 Å². The molecule has 9 heteroatoms. The van der Waals surface area contributed by atoms with Crippen molar-refractivity contribution in [3.8, 4) is 5.75 Å². The molecular formula is C11H10ClF3INO3. The standard InChI is InChI=1S/C11H10ClF3INO3/c1-2-19-9(18)4-6-3-8(20-11(13,14)15)10(16)7(5-12)17-6/h3H,2,4-5H2,1H3. The van der Waals surface area contributed by atoms with E-state index < -0.39 is 18.1 Å². The number of nitrogens with zero attached hydrogens (tertiary/aromatic N) is 1. The first-order valence-electron chi connectivity index (χ1n) is 5.42. The quantitative estimate of drug-likeness (QED) is 0.414. The van der Waals surface area contributed by atoms with Crippen molar-refractivity contribution in [2.24, 2.45) is 0 Å². The molecule has 0 aliphatic rings. The van der Waals surface area contributed by atoms with Crippen molar-refractivity contribution < 1.29 is 27.4 Å². The van der Waals surface area contributed by atoms with Crippen LogP contribution in [-0.4, -0.2) is 23.9 Å². The Kier molecular flexibility index (Phi) is 6.31. The van der Waals surface area contributed by atoms with Gasteiger partial charge in [0.1, 0.15) is 5.75 Å². The predicted octanol–water partition coefficient (Wildman–Crippen LogP) is 3.43. The van der Waals surface area contributed by atoms with Gasteiger partial charge in [0.15, 0.2) is 0 Å². The molecule has 0 fully saturated rings. The van der Waals surface area contributed by atoms with Crippen LogP contribution < -0.4 is 4.74 Å². The molecule has 0 saturated heterocycles. The number of carbonyl (C=O) groups excluding carboxylic acids is 1. The lowest BCUT2D eigenvalue weighted by molar-refractivity contribution is -0.275. The molecule has 0 N–H and O–H groups in total. The van der Waals surface area contributed by atoms with Crippen molar-refractivity contribution in [2.75, 3.05) is 6.61 Å². The average Bonchev–Trinajstić information content (AvgIpc) is 2.31. The summed E-state index contributed by atoms with van der Waals surface area (Å²) in [5.74, 6) is -1.11. The maximum Gasteiger partial charge on any atom is 0.573 e. The minimum absolute atomic E-state index is 0.0941. The maximum absolute atomic E-state index is 12.3. The molecule has 0 aliphatic heterocycles. The number of esters is 1. The van der Waals surface area contributed by atoms with E-state index in [4.69, 9.17) is 16.3 Å². The molecular weight excluding hydrogens is 413 g/mol. The minimum atomic E-state index is -4.83. The van der Waals surface area contributed by atoms with Gasteiger partial charge >= 0.3 is 12.3 Å². The number of rotatable bonds is 5. The molecule has 1 aromatic rings. The van der Waals surface area contributed by atoms with Gasteiger partial charge in [-0.05, 0) is 29.5 Å². The van der Waals surface area contributed by atoms with E-state index in [1.807, 2.05) is 0 Å². The lowest BCUT2D eigenvalue weighted by Gasteiger charge is -2.13. The van der Waals surface area contributed by atoms with Gasteiger partial charge in [0.25, 0.3) is 0 Å². The van der Waals surface area contributed by atoms with E-state index in [0.717, 1.165) is 6.07 Å². The van der Waals surface area contributed by atoms with Crippen molar-refractivity contribution in [2.45, 2.75) is 25.6 Å².